The lowest BCUT2D eigenvalue weighted by molar-refractivity contribution is -0.659. The lowest BCUT2D eigenvalue weighted by Crippen LogP contribution is -2.30. The average Bonchev–Trinajstić information content (AvgIpc) is 2.64. The highest BCUT2D eigenvalue weighted by Gasteiger charge is 2.16. The highest BCUT2D eigenvalue weighted by atomic mass is 14.9. The molecule has 4 aromatic rings. The van der Waals surface area contributed by atoms with Crippen molar-refractivity contribution in [3.63, 3.8) is 0 Å². The number of hydrogen-bond acceptors (Lipinski definition) is 1. The SMILES string of the molecule is Cc1cc(C)c(C)c(-c2cc3cc(-c4ccncc4)ccc3c[n+]2C)c1. The molecule has 0 atom stereocenters. The van der Waals surface area contributed by atoms with E-state index in [-0.39, 0.29) is 0 Å². The van der Waals surface area contributed by atoms with E-state index in [1.165, 1.54) is 49.8 Å². The molecule has 0 bridgehead atoms. The number of rotatable bonds is 2. The third-order valence-electron chi connectivity index (χ3n) is 5.19. The molecule has 2 heteroatoms. The molecule has 0 N–H and O–H groups in total. The number of pyridine rings is 2. The normalized spacial score (nSPS) is 11.1. The molecule has 0 saturated heterocycles. The molecule has 0 amide bonds. The second-order valence-corrected chi connectivity index (χ2v) is 7.10. The van der Waals surface area contributed by atoms with E-state index in [4.69, 9.17) is 0 Å². The van der Waals surface area contributed by atoms with Crippen molar-refractivity contribution in [2.24, 2.45) is 7.05 Å². The Bertz CT molecular complexity index is 1110. The largest absolute Gasteiger partial charge is 0.265 e. The molecular weight excluding hydrogens is 316 g/mol. The minimum atomic E-state index is 1.19. The molecule has 128 valence electrons. The van der Waals surface area contributed by atoms with E-state index in [0.717, 1.165) is 0 Å². The zero-order valence-corrected chi connectivity index (χ0v) is 15.7. The van der Waals surface area contributed by atoms with Crippen LogP contribution in [0.2, 0.25) is 0 Å². The van der Waals surface area contributed by atoms with Crippen molar-refractivity contribution in [1.29, 1.82) is 0 Å². The van der Waals surface area contributed by atoms with Gasteiger partial charge in [0.15, 0.2) is 6.20 Å². The zero-order valence-electron chi connectivity index (χ0n) is 15.7. The van der Waals surface area contributed by atoms with Crippen LogP contribution in [0.4, 0.5) is 0 Å². The number of benzene rings is 2. The minimum Gasteiger partial charge on any atom is -0.265 e. The van der Waals surface area contributed by atoms with Crippen molar-refractivity contribution in [2.45, 2.75) is 20.8 Å². The van der Waals surface area contributed by atoms with Gasteiger partial charge in [-0.3, -0.25) is 4.98 Å². The molecule has 2 aromatic carbocycles. The summed E-state index contributed by atoms with van der Waals surface area (Å²) in [5.74, 6) is 0. The molecule has 0 fully saturated rings. The smallest absolute Gasteiger partial charge is 0.213 e. The minimum absolute atomic E-state index is 1.19. The van der Waals surface area contributed by atoms with Crippen LogP contribution in [0.3, 0.4) is 0 Å². The summed E-state index contributed by atoms with van der Waals surface area (Å²) in [6, 6.07) is 17.6. The molecule has 0 saturated carbocycles. The van der Waals surface area contributed by atoms with Crippen molar-refractivity contribution in [3.8, 4) is 22.4 Å². The van der Waals surface area contributed by atoms with Gasteiger partial charge in [0.1, 0.15) is 7.05 Å². The molecule has 4 rings (SSSR count). The van der Waals surface area contributed by atoms with Crippen LogP contribution in [0.5, 0.6) is 0 Å². The monoisotopic (exact) mass is 339 g/mol. The van der Waals surface area contributed by atoms with Gasteiger partial charge >= 0.3 is 0 Å². The molecule has 0 aliphatic rings. The first-order valence-electron chi connectivity index (χ1n) is 8.95. The van der Waals surface area contributed by atoms with Crippen molar-refractivity contribution < 1.29 is 4.57 Å². The van der Waals surface area contributed by atoms with Crippen molar-refractivity contribution in [2.75, 3.05) is 0 Å². The summed E-state index contributed by atoms with van der Waals surface area (Å²) < 4.78 is 2.23. The molecule has 0 aliphatic carbocycles. The number of hydrogen-bond donors (Lipinski definition) is 0. The molecular formula is C24H23N2+. The van der Waals surface area contributed by atoms with Gasteiger partial charge in [0.05, 0.1) is 0 Å². The Labute approximate surface area is 154 Å². The Morgan fingerprint density at radius 3 is 2.31 bits per heavy atom. The highest BCUT2D eigenvalue weighted by Crippen LogP contribution is 2.29. The second kappa shape index (κ2) is 6.38. The summed E-state index contributed by atoms with van der Waals surface area (Å²) in [6.45, 7) is 6.56. The Morgan fingerprint density at radius 1 is 0.769 bits per heavy atom. The van der Waals surface area contributed by atoms with Gasteiger partial charge in [-0.15, -0.1) is 0 Å². The topological polar surface area (TPSA) is 16.8 Å². The summed E-state index contributed by atoms with van der Waals surface area (Å²) in [6.07, 6.45) is 5.90. The maximum absolute atomic E-state index is 4.12. The van der Waals surface area contributed by atoms with Crippen LogP contribution in [-0.4, -0.2) is 4.98 Å². The Morgan fingerprint density at radius 2 is 1.54 bits per heavy atom. The summed E-state index contributed by atoms with van der Waals surface area (Å²) in [5.41, 5.74) is 8.95. The Hall–Kier alpha value is -3.00. The second-order valence-electron chi connectivity index (χ2n) is 7.10. The molecule has 2 aromatic heterocycles. The van der Waals surface area contributed by atoms with Gasteiger partial charge in [0.25, 0.3) is 0 Å². The molecule has 26 heavy (non-hydrogen) atoms. The summed E-state index contributed by atoms with van der Waals surface area (Å²) in [5, 5.41) is 2.50. The lowest BCUT2D eigenvalue weighted by atomic mass is 9.95. The number of fused-ring (bicyclic) bond motifs is 1. The van der Waals surface area contributed by atoms with Crippen LogP contribution < -0.4 is 4.57 Å². The van der Waals surface area contributed by atoms with Gasteiger partial charge in [0, 0.05) is 29.4 Å². The first kappa shape index (κ1) is 16.5. The van der Waals surface area contributed by atoms with Gasteiger partial charge in [0.2, 0.25) is 5.69 Å². The van der Waals surface area contributed by atoms with Gasteiger partial charge in [-0.2, -0.15) is 0 Å². The fourth-order valence-corrected chi connectivity index (χ4v) is 3.64. The maximum atomic E-state index is 4.12. The van der Waals surface area contributed by atoms with E-state index in [1.54, 1.807) is 0 Å². The molecule has 0 unspecified atom stereocenters. The molecule has 0 aliphatic heterocycles. The first-order valence-corrected chi connectivity index (χ1v) is 8.95. The van der Waals surface area contributed by atoms with Gasteiger partial charge in [-0.05, 0) is 78.7 Å². The quantitative estimate of drug-likeness (QED) is 0.452. The van der Waals surface area contributed by atoms with E-state index < -0.39 is 0 Å². The van der Waals surface area contributed by atoms with E-state index in [2.05, 4.69) is 92.1 Å². The van der Waals surface area contributed by atoms with Crippen molar-refractivity contribution >= 4 is 10.8 Å². The predicted octanol–water partition coefficient (Wildman–Crippen LogP) is 5.32. The third kappa shape index (κ3) is 2.88. The van der Waals surface area contributed by atoms with Gasteiger partial charge in [-0.25, -0.2) is 4.57 Å². The number of nitrogens with zero attached hydrogens (tertiary/aromatic N) is 2. The summed E-state index contributed by atoms with van der Waals surface area (Å²) in [7, 11) is 2.13. The van der Waals surface area contributed by atoms with E-state index in [9.17, 15) is 0 Å². The Kier molecular flexibility index (Phi) is 4.04. The van der Waals surface area contributed by atoms with Crippen LogP contribution in [0.15, 0.2) is 67.1 Å². The van der Waals surface area contributed by atoms with Crippen LogP contribution in [0, 0.1) is 20.8 Å². The summed E-state index contributed by atoms with van der Waals surface area (Å²) in [4.78, 5) is 4.12. The fourth-order valence-electron chi connectivity index (χ4n) is 3.64. The van der Waals surface area contributed by atoms with E-state index >= 15 is 0 Å². The number of aromatic nitrogens is 2. The lowest BCUT2D eigenvalue weighted by Gasteiger charge is -2.10. The van der Waals surface area contributed by atoms with Crippen molar-refractivity contribution in [3.05, 3.63) is 83.8 Å². The maximum Gasteiger partial charge on any atom is 0.213 e. The highest BCUT2D eigenvalue weighted by molar-refractivity contribution is 5.88. The molecule has 2 heterocycles. The van der Waals surface area contributed by atoms with Crippen LogP contribution >= 0.6 is 0 Å². The van der Waals surface area contributed by atoms with E-state index in [0.29, 0.717) is 0 Å². The molecule has 0 radical (unpaired) electrons. The predicted molar refractivity (Wildman–Crippen MR) is 108 cm³/mol. The Balaban J connectivity index is 1.93. The standard InChI is InChI=1S/C24H23N2/c1-16-11-17(2)18(3)23(12-16)24-14-22-13-20(19-7-9-25-10-8-19)5-6-21(22)15-26(24)4/h5-15H,1-4H3/q+1. The fraction of sp³-hybridized carbons (Fsp3) is 0.167. The molecule has 0 spiro atoms. The van der Waals surface area contributed by atoms with E-state index in [1.807, 2.05) is 12.4 Å². The van der Waals surface area contributed by atoms with Gasteiger partial charge in [-0.1, -0.05) is 17.7 Å². The number of aryl methyl sites for hydroxylation is 3. The molecule has 2 nitrogen and oxygen atoms in total. The van der Waals surface area contributed by atoms with Crippen LogP contribution in [0.1, 0.15) is 16.7 Å². The van der Waals surface area contributed by atoms with Gasteiger partial charge < -0.3 is 0 Å². The third-order valence-corrected chi connectivity index (χ3v) is 5.19. The first-order chi connectivity index (χ1) is 12.5. The zero-order chi connectivity index (χ0) is 18.3. The summed E-state index contributed by atoms with van der Waals surface area (Å²) >= 11 is 0. The van der Waals surface area contributed by atoms with Crippen LogP contribution in [0.25, 0.3) is 33.2 Å². The van der Waals surface area contributed by atoms with Crippen LogP contribution in [-0.2, 0) is 7.05 Å². The average molecular weight is 339 g/mol. The van der Waals surface area contributed by atoms with Crippen molar-refractivity contribution in [1.82, 2.24) is 4.98 Å².